The highest BCUT2D eigenvalue weighted by Gasteiger charge is 2.05. The van der Waals surface area contributed by atoms with Gasteiger partial charge in [0.05, 0.1) is 7.11 Å². The number of hydrogen-bond donors (Lipinski definition) is 1. The predicted molar refractivity (Wildman–Crippen MR) is 83.2 cm³/mol. The molecule has 0 amide bonds. The Labute approximate surface area is 123 Å². The third-order valence-corrected chi connectivity index (χ3v) is 3.46. The SMILES string of the molecule is COc1cccc(-c2c[nH]c(-c3cccc(Cl)c3)c2)c1. The van der Waals surface area contributed by atoms with Crippen molar-refractivity contribution in [2.24, 2.45) is 0 Å². The number of H-pyrrole nitrogens is 1. The molecule has 0 spiro atoms. The molecule has 2 nitrogen and oxygen atoms in total. The lowest BCUT2D eigenvalue weighted by atomic mass is 10.1. The van der Waals surface area contributed by atoms with Crippen molar-refractivity contribution in [3.63, 3.8) is 0 Å². The Kier molecular flexibility index (Phi) is 3.48. The molecule has 0 atom stereocenters. The van der Waals surface area contributed by atoms with Crippen LogP contribution in [0.1, 0.15) is 0 Å². The predicted octanol–water partition coefficient (Wildman–Crippen LogP) is 5.01. The minimum atomic E-state index is 0.736. The van der Waals surface area contributed by atoms with E-state index in [0.717, 1.165) is 33.2 Å². The van der Waals surface area contributed by atoms with E-state index in [4.69, 9.17) is 16.3 Å². The largest absolute Gasteiger partial charge is 0.497 e. The van der Waals surface area contributed by atoms with E-state index in [1.165, 1.54) is 0 Å². The smallest absolute Gasteiger partial charge is 0.119 e. The summed E-state index contributed by atoms with van der Waals surface area (Å²) in [5.74, 6) is 0.855. The molecule has 0 bridgehead atoms. The van der Waals surface area contributed by atoms with E-state index in [9.17, 15) is 0 Å². The minimum Gasteiger partial charge on any atom is -0.497 e. The number of methoxy groups -OCH3 is 1. The fourth-order valence-electron chi connectivity index (χ4n) is 2.19. The van der Waals surface area contributed by atoms with Crippen molar-refractivity contribution in [3.05, 3.63) is 65.8 Å². The van der Waals surface area contributed by atoms with E-state index in [2.05, 4.69) is 17.1 Å². The van der Waals surface area contributed by atoms with Gasteiger partial charge in [-0.2, -0.15) is 0 Å². The highest BCUT2D eigenvalue weighted by Crippen LogP contribution is 2.29. The average Bonchev–Trinajstić information content (AvgIpc) is 2.97. The zero-order valence-electron chi connectivity index (χ0n) is 11.1. The molecule has 0 saturated carbocycles. The molecule has 1 heterocycles. The number of benzene rings is 2. The molecule has 0 radical (unpaired) electrons. The Balaban J connectivity index is 1.97. The molecule has 1 N–H and O–H groups in total. The van der Waals surface area contributed by atoms with Gasteiger partial charge in [0.1, 0.15) is 5.75 Å². The number of hydrogen-bond acceptors (Lipinski definition) is 1. The minimum absolute atomic E-state index is 0.736. The maximum atomic E-state index is 6.03. The van der Waals surface area contributed by atoms with Crippen LogP contribution in [0.2, 0.25) is 5.02 Å². The van der Waals surface area contributed by atoms with Gasteiger partial charge in [-0.25, -0.2) is 0 Å². The molecule has 0 aliphatic rings. The first-order valence-corrected chi connectivity index (χ1v) is 6.73. The van der Waals surface area contributed by atoms with Gasteiger partial charge in [-0.3, -0.25) is 0 Å². The molecular weight excluding hydrogens is 270 g/mol. The maximum absolute atomic E-state index is 6.03. The fourth-order valence-corrected chi connectivity index (χ4v) is 2.38. The summed E-state index contributed by atoms with van der Waals surface area (Å²) in [7, 11) is 1.67. The first-order valence-electron chi connectivity index (χ1n) is 6.35. The fraction of sp³-hybridized carbons (Fsp3) is 0.0588. The number of nitrogens with one attached hydrogen (secondary N) is 1. The second kappa shape index (κ2) is 5.43. The molecule has 0 saturated heterocycles. The van der Waals surface area contributed by atoms with Gasteiger partial charge >= 0.3 is 0 Å². The number of rotatable bonds is 3. The van der Waals surface area contributed by atoms with Gasteiger partial charge < -0.3 is 9.72 Å². The Morgan fingerprint density at radius 1 is 0.900 bits per heavy atom. The van der Waals surface area contributed by atoms with Crippen molar-refractivity contribution in [2.45, 2.75) is 0 Å². The Morgan fingerprint density at radius 3 is 2.50 bits per heavy atom. The van der Waals surface area contributed by atoms with Crippen LogP contribution in [0.5, 0.6) is 5.75 Å². The average molecular weight is 284 g/mol. The Hall–Kier alpha value is -2.19. The van der Waals surface area contributed by atoms with Gasteiger partial charge in [-0.15, -0.1) is 0 Å². The topological polar surface area (TPSA) is 25.0 Å². The lowest BCUT2D eigenvalue weighted by Gasteiger charge is -2.02. The lowest BCUT2D eigenvalue weighted by Crippen LogP contribution is -1.82. The normalized spacial score (nSPS) is 10.5. The third kappa shape index (κ3) is 2.56. The molecular formula is C17H14ClNO. The van der Waals surface area contributed by atoms with Crippen molar-refractivity contribution in [3.8, 4) is 28.1 Å². The number of aromatic amines is 1. The Morgan fingerprint density at radius 2 is 1.70 bits per heavy atom. The highest BCUT2D eigenvalue weighted by atomic mass is 35.5. The van der Waals surface area contributed by atoms with Crippen molar-refractivity contribution < 1.29 is 4.74 Å². The molecule has 3 rings (SSSR count). The van der Waals surface area contributed by atoms with Crippen LogP contribution in [-0.2, 0) is 0 Å². The number of halogens is 1. The van der Waals surface area contributed by atoms with E-state index in [-0.39, 0.29) is 0 Å². The molecule has 3 heteroatoms. The van der Waals surface area contributed by atoms with Crippen LogP contribution in [0.25, 0.3) is 22.4 Å². The van der Waals surface area contributed by atoms with E-state index >= 15 is 0 Å². The molecule has 20 heavy (non-hydrogen) atoms. The summed E-state index contributed by atoms with van der Waals surface area (Å²) >= 11 is 6.03. The molecule has 3 aromatic rings. The van der Waals surface area contributed by atoms with Gasteiger partial charge in [0.2, 0.25) is 0 Å². The van der Waals surface area contributed by atoms with Gasteiger partial charge in [0.15, 0.2) is 0 Å². The van der Waals surface area contributed by atoms with Crippen molar-refractivity contribution >= 4 is 11.6 Å². The van der Waals surface area contributed by atoms with Crippen molar-refractivity contribution in [1.29, 1.82) is 0 Å². The third-order valence-electron chi connectivity index (χ3n) is 3.22. The summed E-state index contributed by atoms with van der Waals surface area (Å²) in [5.41, 5.74) is 4.37. The van der Waals surface area contributed by atoms with Crippen LogP contribution in [0.3, 0.4) is 0 Å². The van der Waals surface area contributed by atoms with E-state index in [1.54, 1.807) is 7.11 Å². The molecule has 0 fully saturated rings. The van der Waals surface area contributed by atoms with Gasteiger partial charge in [0, 0.05) is 16.9 Å². The standard InChI is InChI=1S/C17H14ClNO/c1-20-16-7-3-4-12(9-16)14-10-17(19-11-14)13-5-2-6-15(18)8-13/h2-11,19H,1H3. The molecule has 0 unspecified atom stereocenters. The zero-order chi connectivity index (χ0) is 13.9. The van der Waals surface area contributed by atoms with Gasteiger partial charge in [-0.05, 0) is 47.0 Å². The summed E-state index contributed by atoms with van der Waals surface area (Å²) in [6, 6.07) is 17.9. The highest BCUT2D eigenvalue weighted by molar-refractivity contribution is 6.30. The quantitative estimate of drug-likeness (QED) is 0.718. The summed E-state index contributed by atoms with van der Waals surface area (Å²) < 4.78 is 5.26. The van der Waals surface area contributed by atoms with E-state index in [1.807, 2.05) is 48.7 Å². The molecule has 0 aliphatic heterocycles. The van der Waals surface area contributed by atoms with Crippen LogP contribution >= 0.6 is 11.6 Å². The molecule has 100 valence electrons. The van der Waals surface area contributed by atoms with Crippen LogP contribution in [0.4, 0.5) is 0 Å². The van der Waals surface area contributed by atoms with Crippen molar-refractivity contribution in [1.82, 2.24) is 4.98 Å². The molecule has 1 aromatic heterocycles. The molecule has 0 aliphatic carbocycles. The second-order valence-electron chi connectivity index (χ2n) is 4.54. The first-order chi connectivity index (χ1) is 9.76. The zero-order valence-corrected chi connectivity index (χ0v) is 11.8. The maximum Gasteiger partial charge on any atom is 0.119 e. The summed E-state index contributed by atoms with van der Waals surface area (Å²) in [5, 5.41) is 0.736. The van der Waals surface area contributed by atoms with Crippen LogP contribution < -0.4 is 4.74 Å². The number of ether oxygens (including phenoxy) is 1. The van der Waals surface area contributed by atoms with Crippen LogP contribution in [-0.4, -0.2) is 12.1 Å². The van der Waals surface area contributed by atoms with Crippen molar-refractivity contribution in [2.75, 3.05) is 7.11 Å². The van der Waals surface area contributed by atoms with Gasteiger partial charge in [-0.1, -0.05) is 35.9 Å². The van der Waals surface area contributed by atoms with Crippen LogP contribution in [0, 0.1) is 0 Å². The van der Waals surface area contributed by atoms with E-state index in [0.29, 0.717) is 0 Å². The second-order valence-corrected chi connectivity index (χ2v) is 4.98. The number of aromatic nitrogens is 1. The summed E-state index contributed by atoms with van der Waals surface area (Å²) in [6.45, 7) is 0. The summed E-state index contributed by atoms with van der Waals surface area (Å²) in [4.78, 5) is 3.29. The first kappa shape index (κ1) is 12.8. The van der Waals surface area contributed by atoms with Gasteiger partial charge in [0.25, 0.3) is 0 Å². The van der Waals surface area contributed by atoms with Crippen LogP contribution in [0.15, 0.2) is 60.8 Å². The summed E-state index contributed by atoms with van der Waals surface area (Å²) in [6.07, 6.45) is 1.99. The monoisotopic (exact) mass is 283 g/mol. The Bertz CT molecular complexity index is 733. The van der Waals surface area contributed by atoms with E-state index < -0.39 is 0 Å². The molecule has 2 aromatic carbocycles. The lowest BCUT2D eigenvalue weighted by molar-refractivity contribution is 0.415.